The van der Waals surface area contributed by atoms with E-state index in [2.05, 4.69) is 41.0 Å². The third kappa shape index (κ3) is 1.89. The lowest BCUT2D eigenvalue weighted by molar-refractivity contribution is 0.154. The van der Waals surface area contributed by atoms with Crippen LogP contribution in [0.5, 0.6) is 6.01 Å². The van der Waals surface area contributed by atoms with E-state index in [0.29, 0.717) is 17.4 Å². The molecule has 0 spiro atoms. The van der Waals surface area contributed by atoms with Gasteiger partial charge in [0, 0.05) is 6.04 Å². The van der Waals surface area contributed by atoms with Crippen molar-refractivity contribution in [3.8, 4) is 6.01 Å². The van der Waals surface area contributed by atoms with Crippen LogP contribution in [0.3, 0.4) is 0 Å². The summed E-state index contributed by atoms with van der Waals surface area (Å²) in [5.41, 5.74) is 6.25. The van der Waals surface area contributed by atoms with Crippen LogP contribution >= 0.6 is 0 Å². The zero-order chi connectivity index (χ0) is 14.5. The summed E-state index contributed by atoms with van der Waals surface area (Å²) in [6.45, 7) is 7.03. The van der Waals surface area contributed by atoms with Crippen molar-refractivity contribution in [2.24, 2.45) is 16.7 Å². The molecule has 2 aliphatic carbocycles. The molecule has 1 aromatic heterocycles. The van der Waals surface area contributed by atoms with E-state index in [0.717, 1.165) is 5.92 Å². The van der Waals surface area contributed by atoms with E-state index in [9.17, 15) is 0 Å². The summed E-state index contributed by atoms with van der Waals surface area (Å²) in [6, 6.07) is 0.603. The van der Waals surface area contributed by atoms with Gasteiger partial charge in [-0.1, -0.05) is 20.8 Å². The Hall–Kier alpha value is -1.59. The molecule has 0 saturated heterocycles. The minimum absolute atomic E-state index is 0.186. The number of nitrogen functional groups attached to an aromatic ring is 1. The Kier molecular flexibility index (Phi) is 2.81. The molecule has 3 N–H and O–H groups in total. The number of methoxy groups -OCH3 is 1. The largest absolute Gasteiger partial charge is 0.467 e. The maximum absolute atomic E-state index is 5.70. The van der Waals surface area contributed by atoms with Gasteiger partial charge in [0.2, 0.25) is 11.9 Å². The monoisotopic (exact) mass is 277 g/mol. The smallest absolute Gasteiger partial charge is 0.322 e. The van der Waals surface area contributed by atoms with Gasteiger partial charge in [0.1, 0.15) is 0 Å². The number of nitrogens with two attached hydrogens (primary N) is 1. The summed E-state index contributed by atoms with van der Waals surface area (Å²) < 4.78 is 5.06. The standard InChI is InChI=1S/C14H23N5O/c1-13(2)8-5-6-14(3,7-8)9(13)16-11-17-10(15)18-12(19-11)20-4/h8-9H,5-7H2,1-4H3,(H3,15,16,17,18,19). The number of hydrogen-bond donors (Lipinski definition) is 2. The fraction of sp³-hybridized carbons (Fsp3) is 0.786. The highest BCUT2D eigenvalue weighted by atomic mass is 16.5. The van der Waals surface area contributed by atoms with E-state index >= 15 is 0 Å². The van der Waals surface area contributed by atoms with Gasteiger partial charge in [0.05, 0.1) is 7.11 Å². The molecule has 0 aromatic carbocycles. The van der Waals surface area contributed by atoms with Crippen LogP contribution in [0.2, 0.25) is 0 Å². The predicted octanol–water partition coefficient (Wildman–Crippen LogP) is 2.09. The Labute approximate surface area is 119 Å². The van der Waals surface area contributed by atoms with E-state index in [1.807, 2.05) is 0 Å². The molecule has 2 fully saturated rings. The molecule has 3 unspecified atom stereocenters. The summed E-state index contributed by atoms with van der Waals surface area (Å²) in [7, 11) is 1.53. The van der Waals surface area contributed by atoms with Gasteiger partial charge in [-0.05, 0) is 36.0 Å². The van der Waals surface area contributed by atoms with Crippen LogP contribution in [0.15, 0.2) is 0 Å². The summed E-state index contributed by atoms with van der Waals surface area (Å²) in [6.07, 6.45) is 3.86. The summed E-state index contributed by atoms with van der Waals surface area (Å²) in [5, 5.41) is 3.50. The Morgan fingerprint density at radius 3 is 2.60 bits per heavy atom. The van der Waals surface area contributed by atoms with Crippen LogP contribution in [-0.4, -0.2) is 28.1 Å². The number of ether oxygens (including phenoxy) is 1. The first kappa shape index (κ1) is 13.4. The second kappa shape index (κ2) is 4.20. The molecule has 2 aliphatic rings. The van der Waals surface area contributed by atoms with Gasteiger partial charge in [-0.3, -0.25) is 0 Å². The van der Waals surface area contributed by atoms with Crippen LogP contribution in [0.4, 0.5) is 11.9 Å². The summed E-state index contributed by atoms with van der Waals surface area (Å²) in [4.78, 5) is 12.4. The number of anilines is 2. The Morgan fingerprint density at radius 2 is 2.00 bits per heavy atom. The minimum atomic E-state index is 0.186. The average Bonchev–Trinajstić information content (AvgIpc) is 2.85. The van der Waals surface area contributed by atoms with Crippen molar-refractivity contribution >= 4 is 11.9 Å². The fourth-order valence-corrected chi connectivity index (χ4v) is 4.32. The molecule has 0 radical (unpaired) electrons. The quantitative estimate of drug-likeness (QED) is 0.880. The highest BCUT2D eigenvalue weighted by molar-refractivity contribution is 5.36. The second-order valence-electron chi connectivity index (χ2n) is 7.00. The van der Waals surface area contributed by atoms with Crippen molar-refractivity contribution in [2.45, 2.75) is 46.1 Å². The summed E-state index contributed by atoms with van der Waals surface area (Å²) in [5.74, 6) is 1.47. The lowest BCUT2D eigenvalue weighted by Gasteiger charge is -2.43. The van der Waals surface area contributed by atoms with Gasteiger partial charge in [-0.25, -0.2) is 0 Å². The Morgan fingerprint density at radius 1 is 1.25 bits per heavy atom. The molecule has 0 amide bonds. The van der Waals surface area contributed by atoms with Gasteiger partial charge in [-0.2, -0.15) is 15.0 Å². The number of hydrogen-bond acceptors (Lipinski definition) is 6. The molecule has 0 aliphatic heterocycles. The van der Waals surface area contributed by atoms with E-state index in [4.69, 9.17) is 10.5 Å². The Bertz CT molecular complexity index is 528. The molecular weight excluding hydrogens is 254 g/mol. The number of fused-ring (bicyclic) bond motifs is 2. The molecule has 6 nitrogen and oxygen atoms in total. The third-order valence-corrected chi connectivity index (χ3v) is 5.36. The lowest BCUT2D eigenvalue weighted by atomic mass is 9.68. The molecule has 3 rings (SSSR count). The van der Waals surface area contributed by atoms with E-state index in [-0.39, 0.29) is 17.4 Å². The fourth-order valence-electron chi connectivity index (χ4n) is 4.32. The highest BCUT2D eigenvalue weighted by Crippen LogP contribution is 2.62. The molecule has 2 saturated carbocycles. The molecule has 1 heterocycles. The van der Waals surface area contributed by atoms with Crippen molar-refractivity contribution in [1.82, 2.24) is 15.0 Å². The Balaban J connectivity index is 1.89. The number of nitrogens with zero attached hydrogens (tertiary/aromatic N) is 3. The van der Waals surface area contributed by atoms with Crippen LogP contribution < -0.4 is 15.8 Å². The van der Waals surface area contributed by atoms with Crippen molar-refractivity contribution < 1.29 is 4.74 Å². The van der Waals surface area contributed by atoms with E-state index in [1.165, 1.54) is 26.4 Å². The zero-order valence-electron chi connectivity index (χ0n) is 12.6. The lowest BCUT2D eigenvalue weighted by Crippen LogP contribution is -2.46. The number of rotatable bonds is 3. The minimum Gasteiger partial charge on any atom is -0.467 e. The van der Waals surface area contributed by atoms with E-state index < -0.39 is 0 Å². The molecule has 3 atom stereocenters. The molecule has 6 heteroatoms. The van der Waals surface area contributed by atoms with Gasteiger partial charge in [0.25, 0.3) is 0 Å². The first-order valence-corrected chi connectivity index (χ1v) is 7.17. The van der Waals surface area contributed by atoms with E-state index in [1.54, 1.807) is 0 Å². The average molecular weight is 277 g/mol. The number of nitrogens with one attached hydrogen (secondary N) is 1. The first-order valence-electron chi connectivity index (χ1n) is 7.17. The SMILES string of the molecule is COc1nc(N)nc(NC2C3(C)CCC(C3)C2(C)C)n1. The molecular formula is C14H23N5O. The molecule has 110 valence electrons. The zero-order valence-corrected chi connectivity index (χ0v) is 12.6. The molecule has 20 heavy (non-hydrogen) atoms. The van der Waals surface area contributed by atoms with Crippen LogP contribution in [-0.2, 0) is 0 Å². The molecule has 1 aromatic rings. The third-order valence-electron chi connectivity index (χ3n) is 5.36. The van der Waals surface area contributed by atoms with Crippen LogP contribution in [0.1, 0.15) is 40.0 Å². The van der Waals surface area contributed by atoms with Gasteiger partial charge < -0.3 is 15.8 Å². The van der Waals surface area contributed by atoms with Crippen molar-refractivity contribution in [2.75, 3.05) is 18.2 Å². The maximum atomic E-state index is 5.70. The van der Waals surface area contributed by atoms with Crippen LogP contribution in [0.25, 0.3) is 0 Å². The highest BCUT2D eigenvalue weighted by Gasteiger charge is 2.59. The van der Waals surface area contributed by atoms with Gasteiger partial charge >= 0.3 is 6.01 Å². The second-order valence-corrected chi connectivity index (χ2v) is 7.00. The maximum Gasteiger partial charge on any atom is 0.322 e. The number of aromatic nitrogens is 3. The van der Waals surface area contributed by atoms with Gasteiger partial charge in [-0.15, -0.1) is 0 Å². The molecule has 2 bridgehead atoms. The first-order chi connectivity index (χ1) is 9.35. The normalized spacial score (nSPS) is 34.2. The van der Waals surface area contributed by atoms with Crippen molar-refractivity contribution in [3.63, 3.8) is 0 Å². The predicted molar refractivity (Wildman–Crippen MR) is 77.4 cm³/mol. The van der Waals surface area contributed by atoms with Crippen molar-refractivity contribution in [1.29, 1.82) is 0 Å². The topological polar surface area (TPSA) is 86.0 Å². The van der Waals surface area contributed by atoms with Gasteiger partial charge in [0.15, 0.2) is 0 Å². The van der Waals surface area contributed by atoms with Crippen LogP contribution in [0, 0.1) is 16.7 Å². The van der Waals surface area contributed by atoms with Crippen molar-refractivity contribution in [3.05, 3.63) is 0 Å². The summed E-state index contributed by atoms with van der Waals surface area (Å²) >= 11 is 0.